The van der Waals surface area contributed by atoms with Gasteiger partial charge in [0.05, 0.1) is 6.61 Å². The molecule has 0 aliphatic carbocycles. The summed E-state index contributed by atoms with van der Waals surface area (Å²) in [5.41, 5.74) is 2.16. The minimum Gasteiger partial charge on any atom is -0.395 e. The summed E-state index contributed by atoms with van der Waals surface area (Å²) in [7, 11) is 0. The molecule has 0 radical (unpaired) electrons. The van der Waals surface area contributed by atoms with Crippen molar-refractivity contribution >= 4 is 23.3 Å². The molecular weight excluding hydrogens is 306 g/mol. The molecule has 0 aliphatic rings. The molecule has 0 spiro atoms. The third-order valence-corrected chi connectivity index (χ3v) is 3.31. The highest BCUT2D eigenvalue weighted by Crippen LogP contribution is 2.16. The number of aliphatic hydroxyl groups excluding tert-OH is 1. The van der Waals surface area contributed by atoms with E-state index >= 15 is 0 Å². The predicted molar refractivity (Wildman–Crippen MR) is 93.7 cm³/mol. The van der Waals surface area contributed by atoms with Crippen molar-refractivity contribution < 1.29 is 14.7 Å². The van der Waals surface area contributed by atoms with Gasteiger partial charge in [-0.1, -0.05) is 36.4 Å². The number of carbonyl (C=O) groups is 2. The smallest absolute Gasteiger partial charge is 0.322 e. The summed E-state index contributed by atoms with van der Waals surface area (Å²) in [6.07, 6.45) is 0. The van der Waals surface area contributed by atoms with Gasteiger partial charge in [0.1, 0.15) is 0 Å². The molecule has 2 aromatic rings. The Morgan fingerprint density at radius 1 is 1.00 bits per heavy atom. The van der Waals surface area contributed by atoms with Crippen LogP contribution in [-0.4, -0.2) is 35.1 Å². The highest BCUT2D eigenvalue weighted by Gasteiger charge is 2.14. The minimum absolute atomic E-state index is 0.119. The first kappa shape index (κ1) is 17.5. The van der Waals surface area contributed by atoms with Crippen LogP contribution >= 0.6 is 0 Å². The molecule has 0 aliphatic heterocycles. The SMILES string of the molecule is CC(=O)Nc1cccc(NC(=O)N(CCO)Cc2ccccc2)c1. The molecule has 6 heteroatoms. The van der Waals surface area contributed by atoms with E-state index in [9.17, 15) is 14.7 Å². The maximum atomic E-state index is 12.5. The van der Waals surface area contributed by atoms with Crippen molar-refractivity contribution in [1.29, 1.82) is 0 Å². The van der Waals surface area contributed by atoms with Crippen LogP contribution in [-0.2, 0) is 11.3 Å². The molecule has 0 fully saturated rings. The third kappa shape index (κ3) is 5.40. The van der Waals surface area contributed by atoms with E-state index in [1.165, 1.54) is 11.8 Å². The zero-order chi connectivity index (χ0) is 17.4. The topological polar surface area (TPSA) is 81.7 Å². The molecule has 0 atom stereocenters. The first-order chi connectivity index (χ1) is 11.6. The summed E-state index contributed by atoms with van der Waals surface area (Å²) in [5.74, 6) is -0.176. The van der Waals surface area contributed by atoms with E-state index in [0.29, 0.717) is 17.9 Å². The number of carbonyl (C=O) groups excluding carboxylic acids is 2. The summed E-state index contributed by atoms with van der Waals surface area (Å²) >= 11 is 0. The molecular formula is C18H21N3O3. The number of rotatable bonds is 6. The number of urea groups is 1. The fraction of sp³-hybridized carbons (Fsp3) is 0.222. The normalized spacial score (nSPS) is 10.1. The van der Waals surface area contributed by atoms with Gasteiger partial charge in [0.15, 0.2) is 0 Å². The molecule has 2 rings (SSSR count). The maximum absolute atomic E-state index is 12.5. The third-order valence-electron chi connectivity index (χ3n) is 3.31. The van der Waals surface area contributed by atoms with Gasteiger partial charge in [-0.15, -0.1) is 0 Å². The lowest BCUT2D eigenvalue weighted by Crippen LogP contribution is -2.36. The van der Waals surface area contributed by atoms with Crippen molar-refractivity contribution in [1.82, 2.24) is 4.90 Å². The van der Waals surface area contributed by atoms with Gasteiger partial charge in [0, 0.05) is 31.4 Å². The standard InChI is InChI=1S/C18H21N3O3/c1-14(23)19-16-8-5-9-17(12-16)20-18(24)21(10-11-22)13-15-6-3-2-4-7-15/h2-9,12,22H,10-11,13H2,1H3,(H,19,23)(H,20,24). The lowest BCUT2D eigenvalue weighted by atomic mass is 10.2. The van der Waals surface area contributed by atoms with Crippen molar-refractivity contribution in [2.24, 2.45) is 0 Å². The van der Waals surface area contributed by atoms with Crippen molar-refractivity contribution in [3.63, 3.8) is 0 Å². The Bertz CT molecular complexity index is 689. The van der Waals surface area contributed by atoms with E-state index in [2.05, 4.69) is 10.6 Å². The number of nitrogens with one attached hydrogen (secondary N) is 2. The van der Waals surface area contributed by atoms with Gasteiger partial charge in [0.25, 0.3) is 0 Å². The number of nitrogens with zero attached hydrogens (tertiary/aromatic N) is 1. The highest BCUT2D eigenvalue weighted by molar-refractivity contribution is 5.92. The van der Waals surface area contributed by atoms with Crippen LogP contribution in [0, 0.1) is 0 Å². The molecule has 0 bridgehead atoms. The Morgan fingerprint density at radius 2 is 1.67 bits per heavy atom. The van der Waals surface area contributed by atoms with Gasteiger partial charge < -0.3 is 20.6 Å². The van der Waals surface area contributed by atoms with Gasteiger partial charge in [-0.2, -0.15) is 0 Å². The Labute approximate surface area is 141 Å². The number of amides is 3. The first-order valence-electron chi connectivity index (χ1n) is 7.67. The van der Waals surface area contributed by atoms with E-state index < -0.39 is 0 Å². The molecule has 3 amide bonds. The van der Waals surface area contributed by atoms with Crippen LogP contribution in [0.5, 0.6) is 0 Å². The lowest BCUT2D eigenvalue weighted by molar-refractivity contribution is -0.114. The summed E-state index contributed by atoms with van der Waals surface area (Å²) in [6, 6.07) is 16.2. The van der Waals surface area contributed by atoms with Crippen molar-refractivity contribution in [2.75, 3.05) is 23.8 Å². The van der Waals surface area contributed by atoms with E-state index in [0.717, 1.165) is 5.56 Å². The first-order valence-corrected chi connectivity index (χ1v) is 7.67. The second-order valence-corrected chi connectivity index (χ2v) is 5.32. The zero-order valence-electron chi connectivity index (χ0n) is 13.5. The summed E-state index contributed by atoms with van der Waals surface area (Å²) in [6.45, 7) is 1.94. The van der Waals surface area contributed by atoms with Crippen molar-refractivity contribution in [2.45, 2.75) is 13.5 Å². The second kappa shape index (κ2) is 8.69. The average Bonchev–Trinajstić information content (AvgIpc) is 2.55. The van der Waals surface area contributed by atoms with Crippen LogP contribution in [0.1, 0.15) is 12.5 Å². The van der Waals surface area contributed by atoms with Crippen LogP contribution in [0.2, 0.25) is 0 Å². The highest BCUT2D eigenvalue weighted by atomic mass is 16.3. The molecule has 3 N–H and O–H groups in total. The molecule has 0 unspecified atom stereocenters. The van der Waals surface area contributed by atoms with Crippen LogP contribution in [0.15, 0.2) is 54.6 Å². The maximum Gasteiger partial charge on any atom is 0.322 e. The van der Waals surface area contributed by atoms with Gasteiger partial charge in [-0.25, -0.2) is 4.79 Å². The molecule has 2 aromatic carbocycles. The number of anilines is 2. The monoisotopic (exact) mass is 327 g/mol. The minimum atomic E-state index is -0.312. The largest absolute Gasteiger partial charge is 0.395 e. The van der Waals surface area contributed by atoms with Gasteiger partial charge in [0.2, 0.25) is 5.91 Å². The summed E-state index contributed by atoms with van der Waals surface area (Å²) < 4.78 is 0. The molecule has 0 saturated carbocycles. The summed E-state index contributed by atoms with van der Waals surface area (Å²) in [5, 5.41) is 14.7. The van der Waals surface area contributed by atoms with E-state index in [4.69, 9.17) is 0 Å². The molecule has 6 nitrogen and oxygen atoms in total. The van der Waals surface area contributed by atoms with Gasteiger partial charge >= 0.3 is 6.03 Å². The number of benzene rings is 2. The Kier molecular flexibility index (Phi) is 6.33. The molecule has 126 valence electrons. The second-order valence-electron chi connectivity index (χ2n) is 5.32. The van der Waals surface area contributed by atoms with Crippen LogP contribution in [0.4, 0.5) is 16.2 Å². The molecule has 24 heavy (non-hydrogen) atoms. The fourth-order valence-electron chi connectivity index (χ4n) is 2.26. The fourth-order valence-corrected chi connectivity index (χ4v) is 2.26. The number of aliphatic hydroxyl groups is 1. The van der Waals surface area contributed by atoms with Gasteiger partial charge in [-0.05, 0) is 23.8 Å². The van der Waals surface area contributed by atoms with E-state index in [1.54, 1.807) is 24.3 Å². The lowest BCUT2D eigenvalue weighted by Gasteiger charge is -2.22. The number of hydrogen-bond acceptors (Lipinski definition) is 3. The molecule has 0 aromatic heterocycles. The molecule has 0 heterocycles. The van der Waals surface area contributed by atoms with E-state index in [-0.39, 0.29) is 25.1 Å². The zero-order valence-corrected chi connectivity index (χ0v) is 13.5. The molecule has 0 saturated heterocycles. The Hall–Kier alpha value is -2.86. The quantitative estimate of drug-likeness (QED) is 0.763. The predicted octanol–water partition coefficient (Wildman–Crippen LogP) is 2.67. The van der Waals surface area contributed by atoms with Crippen molar-refractivity contribution in [3.05, 3.63) is 60.2 Å². The van der Waals surface area contributed by atoms with Crippen LogP contribution in [0.25, 0.3) is 0 Å². The Balaban J connectivity index is 2.06. The van der Waals surface area contributed by atoms with Crippen molar-refractivity contribution in [3.8, 4) is 0 Å². The average molecular weight is 327 g/mol. The number of hydrogen-bond donors (Lipinski definition) is 3. The summed E-state index contributed by atoms with van der Waals surface area (Å²) in [4.78, 5) is 25.1. The van der Waals surface area contributed by atoms with Crippen LogP contribution in [0.3, 0.4) is 0 Å². The Morgan fingerprint density at radius 3 is 2.29 bits per heavy atom. The van der Waals surface area contributed by atoms with Crippen LogP contribution < -0.4 is 10.6 Å². The van der Waals surface area contributed by atoms with E-state index in [1.807, 2.05) is 30.3 Å². The van der Waals surface area contributed by atoms with Gasteiger partial charge in [-0.3, -0.25) is 4.79 Å².